The van der Waals surface area contributed by atoms with Gasteiger partial charge in [-0.2, -0.15) is 0 Å². The molecule has 0 aliphatic carbocycles. The number of ether oxygens (including phenoxy) is 1. The first-order chi connectivity index (χ1) is 10.3. The van der Waals surface area contributed by atoms with Crippen LogP contribution in [0.2, 0.25) is 0 Å². The van der Waals surface area contributed by atoms with E-state index in [2.05, 4.69) is 0 Å². The molecule has 1 aromatic carbocycles. The maximum absolute atomic E-state index is 13.4. The fourth-order valence-electron chi connectivity index (χ4n) is 2.47. The third kappa shape index (κ3) is 3.94. The number of amides is 1. The Morgan fingerprint density at radius 1 is 1.41 bits per heavy atom. The van der Waals surface area contributed by atoms with Gasteiger partial charge in [-0.15, -0.1) is 0 Å². The van der Waals surface area contributed by atoms with Crippen LogP contribution in [0.15, 0.2) is 18.2 Å². The van der Waals surface area contributed by atoms with Gasteiger partial charge in [-0.3, -0.25) is 4.79 Å². The minimum absolute atomic E-state index is 0.0580. The molecule has 1 aliphatic rings. The van der Waals surface area contributed by atoms with E-state index in [0.717, 1.165) is 12.1 Å². The van der Waals surface area contributed by atoms with Crippen LogP contribution in [0.5, 0.6) is 5.75 Å². The van der Waals surface area contributed by atoms with Crippen LogP contribution >= 0.6 is 0 Å². The average Bonchev–Trinajstić information content (AvgIpc) is 2.78. The first kappa shape index (κ1) is 16.7. The summed E-state index contributed by atoms with van der Waals surface area (Å²) in [6.45, 7) is 1.66. The van der Waals surface area contributed by atoms with Gasteiger partial charge in [0.1, 0.15) is 5.82 Å². The summed E-state index contributed by atoms with van der Waals surface area (Å²) in [4.78, 5) is 13.6. The monoisotopic (exact) mass is 333 g/mol. The van der Waals surface area contributed by atoms with Gasteiger partial charge in [0.05, 0.1) is 11.5 Å². The molecule has 8 heteroatoms. The van der Waals surface area contributed by atoms with Gasteiger partial charge in [0, 0.05) is 18.7 Å². The lowest BCUT2D eigenvalue weighted by Gasteiger charge is -2.26. The summed E-state index contributed by atoms with van der Waals surface area (Å²) in [6, 6.07) is 2.43. The number of halogens is 2. The van der Waals surface area contributed by atoms with E-state index in [0.29, 0.717) is 19.0 Å². The molecular weight excluding hydrogens is 316 g/mol. The highest BCUT2D eigenvalue weighted by atomic mass is 32.2. The number of hydrogen-bond acceptors (Lipinski definition) is 4. The molecule has 2 rings (SSSR count). The van der Waals surface area contributed by atoms with E-state index in [4.69, 9.17) is 4.74 Å². The topological polar surface area (TPSA) is 63.7 Å². The predicted molar refractivity (Wildman–Crippen MR) is 76.3 cm³/mol. The highest BCUT2D eigenvalue weighted by molar-refractivity contribution is 7.91. The quantitative estimate of drug-likeness (QED) is 0.817. The lowest BCUT2D eigenvalue weighted by atomic mass is 10.2. The van der Waals surface area contributed by atoms with E-state index in [-0.39, 0.29) is 23.3 Å². The van der Waals surface area contributed by atoms with Crippen LogP contribution in [0.25, 0.3) is 0 Å². The number of nitrogens with zero attached hydrogens (tertiary/aromatic N) is 1. The number of sulfone groups is 1. The van der Waals surface area contributed by atoms with Crippen molar-refractivity contribution in [2.45, 2.75) is 19.4 Å². The zero-order valence-corrected chi connectivity index (χ0v) is 12.9. The summed E-state index contributed by atoms with van der Waals surface area (Å²) in [5, 5.41) is 0. The first-order valence-electron chi connectivity index (χ1n) is 6.90. The van der Waals surface area contributed by atoms with E-state index >= 15 is 0 Å². The minimum Gasteiger partial charge on any atom is -0.481 e. The van der Waals surface area contributed by atoms with Crippen LogP contribution in [0.3, 0.4) is 0 Å². The van der Waals surface area contributed by atoms with Crippen LogP contribution in [0.1, 0.15) is 13.3 Å². The molecule has 0 spiro atoms. The van der Waals surface area contributed by atoms with Gasteiger partial charge in [0.15, 0.2) is 28.0 Å². The fourth-order valence-corrected chi connectivity index (χ4v) is 4.20. The highest BCUT2D eigenvalue weighted by Gasteiger charge is 2.34. The minimum atomic E-state index is -3.10. The molecule has 1 aromatic rings. The number of rotatable bonds is 5. The average molecular weight is 333 g/mol. The van der Waals surface area contributed by atoms with E-state index in [1.807, 2.05) is 0 Å². The Balaban J connectivity index is 1.98. The molecule has 122 valence electrons. The summed E-state index contributed by atoms with van der Waals surface area (Å²) < 4.78 is 54.2. The SMILES string of the molecule is CCN(C(=O)COc1ccc(F)cc1F)C1CCS(=O)(=O)C1. The van der Waals surface area contributed by atoms with Crippen molar-refractivity contribution in [1.82, 2.24) is 4.90 Å². The van der Waals surface area contributed by atoms with Gasteiger partial charge >= 0.3 is 0 Å². The normalized spacial score (nSPS) is 19.9. The van der Waals surface area contributed by atoms with Crippen molar-refractivity contribution in [3.05, 3.63) is 29.8 Å². The Morgan fingerprint density at radius 2 is 2.14 bits per heavy atom. The van der Waals surface area contributed by atoms with Gasteiger partial charge < -0.3 is 9.64 Å². The van der Waals surface area contributed by atoms with Crippen molar-refractivity contribution in [2.75, 3.05) is 24.7 Å². The van der Waals surface area contributed by atoms with Crippen molar-refractivity contribution in [3.8, 4) is 5.75 Å². The number of hydrogen-bond donors (Lipinski definition) is 0. The molecule has 1 unspecified atom stereocenters. The molecule has 0 saturated carbocycles. The maximum atomic E-state index is 13.4. The Morgan fingerprint density at radius 3 is 2.68 bits per heavy atom. The standard InChI is InChI=1S/C14H17F2NO4S/c1-2-17(11-5-6-22(19,20)9-11)14(18)8-21-13-4-3-10(15)7-12(13)16/h3-4,7,11H,2,5-6,8-9H2,1H3. The second-order valence-electron chi connectivity index (χ2n) is 5.10. The summed E-state index contributed by atoms with van der Waals surface area (Å²) in [5.74, 6) is -2.26. The summed E-state index contributed by atoms with van der Waals surface area (Å²) in [6.07, 6.45) is 0.396. The van der Waals surface area contributed by atoms with Crippen LogP contribution in [0.4, 0.5) is 8.78 Å². The third-order valence-corrected chi connectivity index (χ3v) is 5.31. The van der Waals surface area contributed by atoms with Crippen LogP contribution in [-0.2, 0) is 14.6 Å². The summed E-state index contributed by atoms with van der Waals surface area (Å²) in [7, 11) is -3.10. The molecule has 5 nitrogen and oxygen atoms in total. The number of benzene rings is 1. The highest BCUT2D eigenvalue weighted by Crippen LogP contribution is 2.20. The molecular formula is C14H17F2NO4S. The van der Waals surface area contributed by atoms with Gasteiger partial charge in [0.25, 0.3) is 5.91 Å². The lowest BCUT2D eigenvalue weighted by molar-refractivity contribution is -0.135. The van der Waals surface area contributed by atoms with E-state index in [1.54, 1.807) is 6.92 Å². The van der Waals surface area contributed by atoms with Crippen molar-refractivity contribution in [1.29, 1.82) is 0 Å². The smallest absolute Gasteiger partial charge is 0.260 e. The fraction of sp³-hybridized carbons (Fsp3) is 0.500. The Hall–Kier alpha value is -1.70. The predicted octanol–water partition coefficient (Wildman–Crippen LogP) is 1.38. The molecule has 0 bridgehead atoms. The van der Waals surface area contributed by atoms with Crippen LogP contribution in [0, 0.1) is 11.6 Å². The molecule has 1 amide bonds. The van der Waals surface area contributed by atoms with Gasteiger partial charge in [-0.25, -0.2) is 17.2 Å². The van der Waals surface area contributed by atoms with Crippen molar-refractivity contribution >= 4 is 15.7 Å². The Kier molecular flexibility index (Phi) is 5.00. The number of carbonyl (C=O) groups is 1. The molecule has 1 fully saturated rings. The van der Waals surface area contributed by atoms with Crippen molar-refractivity contribution in [3.63, 3.8) is 0 Å². The lowest BCUT2D eigenvalue weighted by Crippen LogP contribution is -2.43. The largest absolute Gasteiger partial charge is 0.481 e. The van der Waals surface area contributed by atoms with E-state index in [9.17, 15) is 22.0 Å². The molecule has 1 atom stereocenters. The van der Waals surface area contributed by atoms with Crippen molar-refractivity contribution in [2.24, 2.45) is 0 Å². The zero-order valence-electron chi connectivity index (χ0n) is 12.1. The number of carbonyl (C=O) groups excluding carboxylic acids is 1. The summed E-state index contributed by atoms with van der Waals surface area (Å²) >= 11 is 0. The molecule has 22 heavy (non-hydrogen) atoms. The molecule has 1 saturated heterocycles. The second-order valence-corrected chi connectivity index (χ2v) is 7.33. The Labute approximate surface area is 127 Å². The molecule has 0 aromatic heterocycles. The maximum Gasteiger partial charge on any atom is 0.260 e. The van der Waals surface area contributed by atoms with Gasteiger partial charge in [-0.1, -0.05) is 0 Å². The third-order valence-electron chi connectivity index (χ3n) is 3.56. The van der Waals surface area contributed by atoms with Gasteiger partial charge in [0.2, 0.25) is 0 Å². The molecule has 1 aliphatic heterocycles. The first-order valence-corrected chi connectivity index (χ1v) is 8.72. The van der Waals surface area contributed by atoms with Crippen LogP contribution < -0.4 is 4.74 Å². The molecule has 1 heterocycles. The molecule has 0 radical (unpaired) electrons. The second kappa shape index (κ2) is 6.60. The Bertz CT molecular complexity index is 663. The molecule has 0 N–H and O–H groups in total. The van der Waals surface area contributed by atoms with E-state index in [1.165, 1.54) is 4.90 Å². The van der Waals surface area contributed by atoms with Crippen LogP contribution in [-0.4, -0.2) is 49.9 Å². The summed E-state index contributed by atoms with van der Waals surface area (Å²) in [5.41, 5.74) is 0. The van der Waals surface area contributed by atoms with Crippen molar-refractivity contribution < 1.29 is 26.7 Å². The zero-order chi connectivity index (χ0) is 16.3. The number of likely N-dealkylation sites (N-methyl/N-ethyl adjacent to an activating group) is 1. The van der Waals surface area contributed by atoms with Gasteiger partial charge in [-0.05, 0) is 25.5 Å². The van der Waals surface area contributed by atoms with E-state index < -0.39 is 34.0 Å².